The monoisotopic (exact) mass is 262 g/mol. The van der Waals surface area contributed by atoms with E-state index in [1.807, 2.05) is 0 Å². The summed E-state index contributed by atoms with van der Waals surface area (Å²) in [6.07, 6.45) is -1.30. The Labute approximate surface area is 103 Å². The lowest BCUT2D eigenvalue weighted by Crippen LogP contribution is -2.46. The molecule has 0 aliphatic rings. The molecule has 0 heterocycles. The normalized spacial score (nSPS) is 10.2. The topological polar surface area (TPSA) is 105 Å². The van der Waals surface area contributed by atoms with Gasteiger partial charge in [0, 0.05) is 0 Å². The van der Waals surface area contributed by atoms with Crippen molar-refractivity contribution in [1.29, 1.82) is 0 Å². The highest BCUT2D eigenvalue weighted by Crippen LogP contribution is 2.23. The maximum absolute atomic E-state index is 11.6. The minimum absolute atomic E-state index is 0.0528. The summed E-state index contributed by atoms with van der Waals surface area (Å²) in [6, 6.07) is 0. The van der Waals surface area contributed by atoms with Gasteiger partial charge in [0.05, 0.1) is 34.2 Å². The molecular formula is C10H14O8. The molecule has 0 spiro atoms. The lowest BCUT2D eigenvalue weighted by molar-refractivity contribution is -0.182. The van der Waals surface area contributed by atoms with Crippen LogP contribution in [0.2, 0.25) is 0 Å². The third-order valence-corrected chi connectivity index (χ3v) is 2.15. The van der Waals surface area contributed by atoms with Crippen molar-refractivity contribution in [2.24, 2.45) is 0 Å². The Balaban J connectivity index is 5.26. The summed E-state index contributed by atoms with van der Waals surface area (Å²) in [7, 11) is 3.20. The quantitative estimate of drug-likeness (QED) is 0.333. The molecule has 0 aromatic carbocycles. The fraction of sp³-hybridized carbons (Fsp3) is 0.600. The van der Waals surface area contributed by atoms with Crippen LogP contribution in [0.1, 0.15) is 12.8 Å². The highest BCUT2D eigenvalue weighted by Gasteiger charge is 2.47. The van der Waals surface area contributed by atoms with Gasteiger partial charge in [-0.3, -0.25) is 14.4 Å². The number of hydrogen-bond donors (Lipinski definition) is 0. The number of carbonyl (C=O) groups excluding carboxylic acids is 4. The second-order valence-corrected chi connectivity index (χ2v) is 3.21. The number of ether oxygens (including phenoxy) is 4. The standard InChI is InChI=1S/C10H14O8/c1-15-7(12)4-10(18-6-11,9(14)17-3)5-8(13)16-2/h6H,4-5H2,1-3H3. The van der Waals surface area contributed by atoms with Crippen molar-refractivity contribution in [2.45, 2.75) is 18.4 Å². The second kappa shape index (κ2) is 7.25. The van der Waals surface area contributed by atoms with Gasteiger partial charge in [-0.2, -0.15) is 0 Å². The molecule has 0 N–H and O–H groups in total. The Morgan fingerprint density at radius 2 is 1.39 bits per heavy atom. The number of hydrogen-bond acceptors (Lipinski definition) is 8. The predicted molar refractivity (Wildman–Crippen MR) is 55.2 cm³/mol. The number of rotatable bonds is 7. The van der Waals surface area contributed by atoms with Crippen LogP contribution in [0.5, 0.6) is 0 Å². The number of esters is 3. The molecule has 8 heteroatoms. The smallest absolute Gasteiger partial charge is 0.351 e. The van der Waals surface area contributed by atoms with Gasteiger partial charge >= 0.3 is 17.9 Å². The van der Waals surface area contributed by atoms with Gasteiger partial charge < -0.3 is 18.9 Å². The molecule has 0 amide bonds. The summed E-state index contributed by atoms with van der Waals surface area (Å²) < 4.78 is 17.7. The van der Waals surface area contributed by atoms with Crippen LogP contribution in [-0.4, -0.2) is 51.3 Å². The van der Waals surface area contributed by atoms with Gasteiger partial charge in [-0.1, -0.05) is 0 Å². The van der Waals surface area contributed by atoms with Crippen LogP contribution in [-0.2, 0) is 38.1 Å². The SMILES string of the molecule is COC(=O)CC(CC(=O)OC)(OC=O)C(=O)OC. The average molecular weight is 262 g/mol. The lowest BCUT2D eigenvalue weighted by Gasteiger charge is -2.26. The number of carbonyl (C=O) groups is 4. The van der Waals surface area contributed by atoms with Crippen molar-refractivity contribution in [3.05, 3.63) is 0 Å². The molecule has 0 rings (SSSR count). The summed E-state index contributed by atoms with van der Waals surface area (Å²) in [5.74, 6) is -2.73. The molecule has 0 aromatic rings. The molecule has 0 aliphatic carbocycles. The zero-order valence-electron chi connectivity index (χ0n) is 10.3. The number of methoxy groups -OCH3 is 3. The van der Waals surface area contributed by atoms with Gasteiger partial charge in [-0.25, -0.2) is 4.79 Å². The third-order valence-electron chi connectivity index (χ3n) is 2.15. The molecule has 18 heavy (non-hydrogen) atoms. The second-order valence-electron chi connectivity index (χ2n) is 3.21. The first kappa shape index (κ1) is 15.9. The maximum Gasteiger partial charge on any atom is 0.351 e. The molecule has 102 valence electrons. The molecular weight excluding hydrogens is 248 g/mol. The lowest BCUT2D eigenvalue weighted by atomic mass is 9.95. The molecule has 0 aliphatic heterocycles. The molecule has 0 radical (unpaired) electrons. The van der Waals surface area contributed by atoms with Crippen LogP contribution in [0.3, 0.4) is 0 Å². The zero-order valence-corrected chi connectivity index (χ0v) is 10.3. The van der Waals surface area contributed by atoms with E-state index in [9.17, 15) is 19.2 Å². The first-order valence-corrected chi connectivity index (χ1v) is 4.79. The summed E-state index contributed by atoms with van der Waals surface area (Å²) >= 11 is 0. The van der Waals surface area contributed by atoms with Gasteiger partial charge in [0.15, 0.2) is 0 Å². The van der Waals surface area contributed by atoms with Crippen LogP contribution in [0.25, 0.3) is 0 Å². The van der Waals surface area contributed by atoms with E-state index in [2.05, 4.69) is 18.9 Å². The van der Waals surface area contributed by atoms with Crippen LogP contribution in [0.4, 0.5) is 0 Å². The predicted octanol–water partition coefficient (Wildman–Crippen LogP) is -0.803. The summed E-state index contributed by atoms with van der Waals surface area (Å²) in [4.78, 5) is 44.5. The molecule has 0 saturated heterocycles. The van der Waals surface area contributed by atoms with Crippen LogP contribution in [0, 0.1) is 0 Å². The molecule has 0 bridgehead atoms. The van der Waals surface area contributed by atoms with E-state index in [-0.39, 0.29) is 6.47 Å². The van der Waals surface area contributed by atoms with E-state index in [1.165, 1.54) is 0 Å². The highest BCUT2D eigenvalue weighted by molar-refractivity contribution is 5.91. The maximum atomic E-state index is 11.6. The van der Waals surface area contributed by atoms with Crippen LogP contribution >= 0.6 is 0 Å². The van der Waals surface area contributed by atoms with Gasteiger partial charge in [0.2, 0.25) is 5.60 Å². The van der Waals surface area contributed by atoms with Crippen molar-refractivity contribution >= 4 is 24.4 Å². The average Bonchev–Trinajstić information content (AvgIpc) is 2.37. The summed E-state index contributed by atoms with van der Waals surface area (Å²) in [5, 5.41) is 0. The van der Waals surface area contributed by atoms with Crippen molar-refractivity contribution in [3.8, 4) is 0 Å². The van der Waals surface area contributed by atoms with Crippen molar-refractivity contribution in [1.82, 2.24) is 0 Å². The van der Waals surface area contributed by atoms with E-state index in [0.717, 1.165) is 21.3 Å². The molecule has 0 saturated carbocycles. The Bertz CT molecular complexity index is 317. The minimum Gasteiger partial charge on any atom is -0.469 e. The largest absolute Gasteiger partial charge is 0.469 e. The molecule has 0 aromatic heterocycles. The third kappa shape index (κ3) is 4.04. The van der Waals surface area contributed by atoms with Gasteiger partial charge in [-0.05, 0) is 0 Å². The first-order chi connectivity index (χ1) is 8.45. The van der Waals surface area contributed by atoms with E-state index >= 15 is 0 Å². The van der Waals surface area contributed by atoms with Gasteiger partial charge in [-0.15, -0.1) is 0 Å². The van der Waals surface area contributed by atoms with E-state index < -0.39 is 36.4 Å². The van der Waals surface area contributed by atoms with E-state index in [0.29, 0.717) is 0 Å². The van der Waals surface area contributed by atoms with Gasteiger partial charge in [0.25, 0.3) is 6.47 Å². The van der Waals surface area contributed by atoms with Crippen LogP contribution in [0.15, 0.2) is 0 Å². The fourth-order valence-corrected chi connectivity index (χ4v) is 1.23. The Morgan fingerprint density at radius 1 is 0.944 bits per heavy atom. The Hall–Kier alpha value is -2.12. The summed E-state index contributed by atoms with van der Waals surface area (Å²) in [5.41, 5.74) is -2.07. The Kier molecular flexibility index (Phi) is 6.40. The fourth-order valence-electron chi connectivity index (χ4n) is 1.23. The van der Waals surface area contributed by atoms with Gasteiger partial charge in [0.1, 0.15) is 0 Å². The van der Waals surface area contributed by atoms with Crippen molar-refractivity contribution in [2.75, 3.05) is 21.3 Å². The Morgan fingerprint density at radius 3 is 1.67 bits per heavy atom. The highest BCUT2D eigenvalue weighted by atomic mass is 16.6. The van der Waals surface area contributed by atoms with Crippen molar-refractivity contribution in [3.63, 3.8) is 0 Å². The van der Waals surface area contributed by atoms with E-state index in [4.69, 9.17) is 0 Å². The molecule has 0 unspecified atom stereocenters. The molecule has 8 nitrogen and oxygen atoms in total. The minimum atomic E-state index is -2.07. The first-order valence-electron chi connectivity index (χ1n) is 4.79. The summed E-state index contributed by atoms with van der Waals surface area (Å²) in [6.45, 7) is -0.0528. The molecule has 0 atom stereocenters. The molecule has 0 fully saturated rings. The van der Waals surface area contributed by atoms with E-state index in [1.54, 1.807) is 0 Å². The van der Waals surface area contributed by atoms with Crippen molar-refractivity contribution < 1.29 is 38.1 Å². The zero-order chi connectivity index (χ0) is 14.2. The van der Waals surface area contributed by atoms with Crippen LogP contribution < -0.4 is 0 Å².